The highest BCUT2D eigenvalue weighted by Gasteiger charge is 2.23. The van der Waals surface area contributed by atoms with Crippen LogP contribution in [0.15, 0.2) is 97.2 Å². The van der Waals surface area contributed by atoms with Gasteiger partial charge in [0.15, 0.2) is 0 Å². The average Bonchev–Trinajstić information content (AvgIpc) is 3.20. The summed E-state index contributed by atoms with van der Waals surface area (Å²) in [6.45, 7) is 3.30. The van der Waals surface area contributed by atoms with Gasteiger partial charge >= 0.3 is 13.8 Å². The van der Waals surface area contributed by atoms with E-state index in [1.165, 1.54) is 38.5 Å². The van der Waals surface area contributed by atoms with Gasteiger partial charge in [-0.25, -0.2) is 4.57 Å². The van der Waals surface area contributed by atoms with Crippen molar-refractivity contribution in [1.29, 1.82) is 0 Å². The van der Waals surface area contributed by atoms with Crippen molar-refractivity contribution in [2.75, 3.05) is 26.4 Å². The Balaban J connectivity index is 3.72. The first kappa shape index (κ1) is 53.9. The fourth-order valence-electron chi connectivity index (χ4n) is 5.24. The zero-order valence-electron chi connectivity index (χ0n) is 35.5. The van der Waals surface area contributed by atoms with Gasteiger partial charge in [0.05, 0.1) is 13.2 Å². The molecule has 0 spiro atoms. The summed E-state index contributed by atoms with van der Waals surface area (Å²) < 4.78 is 26.8. The Bertz CT molecular complexity index is 1250. The smallest absolute Gasteiger partial charge is 0.463 e. The Morgan fingerprint density at radius 2 is 1.02 bits per heavy atom. The molecule has 324 valence electrons. The molecule has 0 heterocycles. The minimum atomic E-state index is -4.44. The third kappa shape index (κ3) is 43.9. The van der Waals surface area contributed by atoms with Gasteiger partial charge < -0.3 is 20.1 Å². The van der Waals surface area contributed by atoms with E-state index < -0.39 is 26.5 Å². The molecule has 0 aliphatic heterocycles. The van der Waals surface area contributed by atoms with Crippen molar-refractivity contribution in [3.63, 3.8) is 0 Å². The molecule has 2 atom stereocenters. The minimum absolute atomic E-state index is 0.0435. The molecule has 0 aromatic heterocycles. The third-order valence-corrected chi connectivity index (χ3v) is 9.48. The summed E-state index contributed by atoms with van der Waals surface area (Å²) in [7, 11) is -4.44. The number of phosphoric acid groups is 1. The van der Waals surface area contributed by atoms with E-state index in [2.05, 4.69) is 116 Å². The molecule has 3 N–H and O–H groups in total. The van der Waals surface area contributed by atoms with Crippen LogP contribution in [0.5, 0.6) is 0 Å². The third-order valence-electron chi connectivity index (χ3n) is 8.50. The van der Waals surface area contributed by atoms with E-state index in [1.807, 2.05) is 0 Å². The van der Waals surface area contributed by atoms with Crippen LogP contribution >= 0.6 is 7.82 Å². The van der Waals surface area contributed by atoms with Gasteiger partial charge in [-0.15, -0.1) is 0 Å². The van der Waals surface area contributed by atoms with Gasteiger partial charge in [-0.3, -0.25) is 18.6 Å². The number of amides is 1. The van der Waals surface area contributed by atoms with E-state index in [9.17, 15) is 24.2 Å². The highest BCUT2D eigenvalue weighted by atomic mass is 31.2. The minimum Gasteiger partial charge on any atom is -0.463 e. The largest absolute Gasteiger partial charge is 0.472 e. The molecule has 1 amide bonds. The van der Waals surface area contributed by atoms with E-state index >= 15 is 0 Å². The number of rotatable bonds is 39. The van der Waals surface area contributed by atoms with Crippen molar-refractivity contribution in [3.8, 4) is 0 Å². The Labute approximate surface area is 346 Å². The quantitative estimate of drug-likeness (QED) is 0.0242. The fourth-order valence-corrected chi connectivity index (χ4v) is 6.00. The van der Waals surface area contributed by atoms with E-state index in [1.54, 1.807) is 0 Å². The maximum absolute atomic E-state index is 12.1. The summed E-state index contributed by atoms with van der Waals surface area (Å²) in [6.07, 6.45) is 54.8. The number of phosphoric ester groups is 1. The van der Waals surface area contributed by atoms with Gasteiger partial charge in [0.1, 0.15) is 12.7 Å². The fraction of sp³-hybridized carbons (Fsp3) is 0.617. The van der Waals surface area contributed by atoms with Crippen molar-refractivity contribution >= 4 is 19.7 Å². The molecule has 0 rings (SSSR count). The first-order valence-electron chi connectivity index (χ1n) is 21.7. The van der Waals surface area contributed by atoms with Gasteiger partial charge in [-0.1, -0.05) is 150 Å². The van der Waals surface area contributed by atoms with Gasteiger partial charge in [0.2, 0.25) is 5.91 Å². The number of ether oxygens (including phenoxy) is 1. The van der Waals surface area contributed by atoms with Crippen LogP contribution in [0.25, 0.3) is 0 Å². The number of nitrogens with one attached hydrogen (secondary N) is 1. The highest BCUT2D eigenvalue weighted by Crippen LogP contribution is 2.42. The Kier molecular flexibility index (Phi) is 40.2. The van der Waals surface area contributed by atoms with Crippen molar-refractivity contribution in [2.24, 2.45) is 0 Å². The summed E-state index contributed by atoms with van der Waals surface area (Å²) in [4.78, 5) is 33.9. The maximum Gasteiger partial charge on any atom is 0.472 e. The lowest BCUT2D eigenvalue weighted by Gasteiger charge is -2.15. The van der Waals surface area contributed by atoms with Gasteiger partial charge in [0, 0.05) is 19.4 Å². The van der Waals surface area contributed by atoms with E-state index in [-0.39, 0.29) is 32.1 Å². The SMILES string of the molecule is CC/C=C\C/C=C\C/C=C\C/C=C\C/C=C\CCCC(=O)NCCOP(=O)(O)OCC(O)COC(=O)CCCCCCCC/C=C\C/C=C\C/C=C\CCCCC. The highest BCUT2D eigenvalue weighted by molar-refractivity contribution is 7.47. The number of allylic oxidation sites excluding steroid dienone is 16. The molecule has 57 heavy (non-hydrogen) atoms. The molecule has 0 saturated heterocycles. The standard InChI is InChI=1S/C47H78NO8P/c1-3-5-7-9-11-13-15-17-19-21-22-24-26-28-30-32-34-36-38-40-47(51)54-43-45(49)44-56-57(52,53)55-42-41-48-46(50)39-37-35-33-31-29-27-25-23-20-18-16-14-12-10-8-6-4-2/h6,8,11-14,17-20,22,24-25,27,31,33,45,49H,3-5,7,9-10,15-16,21,23,26,28-30,32,34-44H2,1-2H3,(H,48,50)(H,52,53)/b8-6-,13-11-,14-12-,19-17-,20-18-,24-22-,27-25-,33-31-. The van der Waals surface area contributed by atoms with Crippen LogP contribution in [0.2, 0.25) is 0 Å². The molecule has 0 radical (unpaired) electrons. The summed E-state index contributed by atoms with van der Waals surface area (Å²) in [6, 6.07) is 0. The molecular weight excluding hydrogens is 737 g/mol. The Morgan fingerprint density at radius 3 is 1.54 bits per heavy atom. The van der Waals surface area contributed by atoms with Gasteiger partial charge in [0.25, 0.3) is 0 Å². The number of carbonyl (C=O) groups excluding carboxylic acids is 2. The normalized spacial score (nSPS) is 14.2. The Morgan fingerprint density at radius 1 is 0.561 bits per heavy atom. The van der Waals surface area contributed by atoms with E-state index in [4.69, 9.17) is 13.8 Å². The number of esters is 1. The molecule has 2 unspecified atom stereocenters. The predicted octanol–water partition coefficient (Wildman–Crippen LogP) is 12.2. The van der Waals surface area contributed by atoms with Crippen LogP contribution < -0.4 is 5.32 Å². The first-order chi connectivity index (χ1) is 27.8. The number of aliphatic hydroxyl groups excluding tert-OH is 1. The summed E-state index contributed by atoms with van der Waals surface area (Å²) in [5, 5.41) is 12.7. The number of hydrogen-bond acceptors (Lipinski definition) is 7. The van der Waals surface area contributed by atoms with Crippen molar-refractivity contribution in [3.05, 3.63) is 97.2 Å². The lowest BCUT2D eigenvalue weighted by molar-refractivity contribution is -0.147. The molecule has 0 saturated carbocycles. The number of hydrogen-bond donors (Lipinski definition) is 3. The van der Waals surface area contributed by atoms with Crippen molar-refractivity contribution in [1.82, 2.24) is 5.32 Å². The lowest BCUT2D eigenvalue weighted by Crippen LogP contribution is -2.27. The number of unbranched alkanes of at least 4 members (excludes halogenated alkanes) is 10. The predicted molar refractivity (Wildman–Crippen MR) is 238 cm³/mol. The molecule has 0 bridgehead atoms. The number of carbonyl (C=O) groups is 2. The van der Waals surface area contributed by atoms with Crippen LogP contribution in [-0.4, -0.2) is 54.3 Å². The van der Waals surface area contributed by atoms with Crippen LogP contribution in [0.1, 0.15) is 155 Å². The topological polar surface area (TPSA) is 131 Å². The molecule has 0 fully saturated rings. The number of aliphatic hydroxyl groups is 1. The van der Waals surface area contributed by atoms with Crippen LogP contribution in [0, 0.1) is 0 Å². The van der Waals surface area contributed by atoms with Crippen molar-refractivity contribution < 1.29 is 37.9 Å². The summed E-state index contributed by atoms with van der Waals surface area (Å²) in [5.74, 6) is -0.597. The van der Waals surface area contributed by atoms with Crippen LogP contribution in [-0.2, 0) is 27.9 Å². The lowest BCUT2D eigenvalue weighted by atomic mass is 10.1. The van der Waals surface area contributed by atoms with Crippen LogP contribution in [0.3, 0.4) is 0 Å². The Hall–Kier alpha value is -3.07. The van der Waals surface area contributed by atoms with E-state index in [0.717, 1.165) is 77.0 Å². The average molecular weight is 816 g/mol. The molecule has 9 nitrogen and oxygen atoms in total. The molecule has 10 heteroatoms. The zero-order chi connectivity index (χ0) is 41.8. The summed E-state index contributed by atoms with van der Waals surface area (Å²) >= 11 is 0. The second-order valence-corrected chi connectivity index (χ2v) is 15.4. The first-order valence-corrected chi connectivity index (χ1v) is 23.2. The monoisotopic (exact) mass is 816 g/mol. The molecule has 0 aromatic carbocycles. The van der Waals surface area contributed by atoms with Gasteiger partial charge in [-0.2, -0.15) is 0 Å². The summed E-state index contributed by atoms with van der Waals surface area (Å²) in [5.41, 5.74) is 0. The molecule has 0 aliphatic carbocycles. The maximum atomic E-state index is 12.1. The molecule has 0 aliphatic rings. The molecule has 0 aromatic rings. The molecular formula is C47H78NO8P. The van der Waals surface area contributed by atoms with Crippen molar-refractivity contribution in [2.45, 2.75) is 161 Å². The van der Waals surface area contributed by atoms with E-state index in [0.29, 0.717) is 19.3 Å². The second-order valence-electron chi connectivity index (χ2n) is 13.9. The second kappa shape index (κ2) is 42.5. The van der Waals surface area contributed by atoms with Crippen LogP contribution in [0.4, 0.5) is 0 Å². The zero-order valence-corrected chi connectivity index (χ0v) is 36.4. The van der Waals surface area contributed by atoms with Gasteiger partial charge in [-0.05, 0) is 89.9 Å².